The fourth-order valence-corrected chi connectivity index (χ4v) is 3.95. The third kappa shape index (κ3) is 4.26. The molecule has 140 valence electrons. The number of nitrogens with zero attached hydrogens (tertiary/aromatic N) is 2. The number of halogens is 2. The van der Waals surface area contributed by atoms with E-state index in [2.05, 4.69) is 20.2 Å². The lowest BCUT2D eigenvalue weighted by atomic mass is 10.1. The van der Waals surface area contributed by atoms with Crippen molar-refractivity contribution >= 4 is 40.1 Å². The second-order valence-corrected chi connectivity index (χ2v) is 7.72. The van der Waals surface area contributed by atoms with E-state index in [1.54, 1.807) is 6.07 Å². The fraction of sp³-hybridized carbons (Fsp3) is 0.300. The number of imidazole rings is 1. The van der Waals surface area contributed by atoms with Crippen LogP contribution in [0.5, 0.6) is 0 Å². The van der Waals surface area contributed by atoms with Crippen LogP contribution in [0.15, 0.2) is 42.5 Å². The lowest BCUT2D eigenvalue weighted by molar-refractivity contribution is -0.124. The topological polar surface area (TPSA) is 61.0 Å². The normalized spacial score (nSPS) is 17.5. The van der Waals surface area contributed by atoms with Gasteiger partial charge in [-0.2, -0.15) is 0 Å². The Kier molecular flexibility index (Phi) is 5.34. The van der Waals surface area contributed by atoms with Gasteiger partial charge in [-0.1, -0.05) is 41.4 Å². The van der Waals surface area contributed by atoms with Gasteiger partial charge in [0, 0.05) is 23.1 Å². The Morgan fingerprint density at radius 1 is 1.26 bits per heavy atom. The van der Waals surface area contributed by atoms with Crippen molar-refractivity contribution in [1.29, 1.82) is 0 Å². The number of H-pyrrole nitrogens is 1. The van der Waals surface area contributed by atoms with E-state index in [1.807, 2.05) is 36.4 Å². The van der Waals surface area contributed by atoms with Gasteiger partial charge in [-0.3, -0.25) is 9.69 Å². The first kappa shape index (κ1) is 18.3. The highest BCUT2D eigenvalue weighted by Gasteiger charge is 2.28. The first-order valence-electron chi connectivity index (χ1n) is 8.96. The van der Waals surface area contributed by atoms with Crippen molar-refractivity contribution < 1.29 is 4.79 Å². The first-order valence-corrected chi connectivity index (χ1v) is 9.72. The van der Waals surface area contributed by atoms with Crippen LogP contribution in [0.25, 0.3) is 11.0 Å². The molecule has 0 saturated carbocycles. The minimum absolute atomic E-state index is 0.0135. The van der Waals surface area contributed by atoms with Crippen LogP contribution in [0.4, 0.5) is 0 Å². The maximum absolute atomic E-state index is 12.5. The van der Waals surface area contributed by atoms with Crippen molar-refractivity contribution in [3.63, 3.8) is 0 Å². The maximum atomic E-state index is 12.5. The number of hydrogen-bond acceptors (Lipinski definition) is 3. The Morgan fingerprint density at radius 2 is 2.11 bits per heavy atom. The van der Waals surface area contributed by atoms with E-state index >= 15 is 0 Å². The number of rotatable bonds is 5. The minimum Gasteiger partial charge on any atom is -0.349 e. The molecule has 0 radical (unpaired) electrons. The van der Waals surface area contributed by atoms with Gasteiger partial charge in [0.2, 0.25) is 5.91 Å². The largest absolute Gasteiger partial charge is 0.349 e. The van der Waals surface area contributed by atoms with Crippen LogP contribution in [0.2, 0.25) is 10.0 Å². The van der Waals surface area contributed by atoms with Crippen LogP contribution in [0.1, 0.15) is 17.8 Å². The van der Waals surface area contributed by atoms with Gasteiger partial charge in [-0.25, -0.2) is 4.98 Å². The molecule has 4 rings (SSSR count). The van der Waals surface area contributed by atoms with Gasteiger partial charge in [-0.15, -0.1) is 0 Å². The van der Waals surface area contributed by atoms with Crippen molar-refractivity contribution in [2.45, 2.75) is 19.5 Å². The number of hydrogen-bond donors (Lipinski definition) is 2. The average molecular weight is 403 g/mol. The van der Waals surface area contributed by atoms with Gasteiger partial charge in [0.15, 0.2) is 0 Å². The van der Waals surface area contributed by atoms with Crippen LogP contribution >= 0.6 is 23.2 Å². The third-order valence-corrected chi connectivity index (χ3v) is 5.51. The summed E-state index contributed by atoms with van der Waals surface area (Å²) >= 11 is 12.2. The van der Waals surface area contributed by atoms with E-state index in [1.165, 1.54) is 0 Å². The summed E-state index contributed by atoms with van der Waals surface area (Å²) in [5.74, 6) is 0.827. The SMILES string of the molecule is O=C(NCc1nc2ccccc2[nH]1)[C@@H]1CCN(Cc2ccc(Cl)cc2Cl)C1. The van der Waals surface area contributed by atoms with Gasteiger partial charge >= 0.3 is 0 Å². The number of carbonyl (C=O) groups excluding carboxylic acids is 1. The fourth-order valence-electron chi connectivity index (χ4n) is 3.49. The van der Waals surface area contributed by atoms with Crippen LogP contribution in [-0.2, 0) is 17.9 Å². The number of aromatic amines is 1. The molecule has 0 aliphatic carbocycles. The van der Waals surface area contributed by atoms with Gasteiger partial charge < -0.3 is 10.3 Å². The number of aromatic nitrogens is 2. The molecular formula is C20H20Cl2N4O. The molecule has 27 heavy (non-hydrogen) atoms. The molecule has 2 aromatic carbocycles. The molecule has 1 aliphatic rings. The van der Waals surface area contributed by atoms with E-state index in [9.17, 15) is 4.79 Å². The molecule has 1 amide bonds. The lowest BCUT2D eigenvalue weighted by Crippen LogP contribution is -2.32. The van der Waals surface area contributed by atoms with Gasteiger partial charge in [-0.05, 0) is 42.8 Å². The molecule has 2 heterocycles. The molecule has 3 aromatic rings. The van der Waals surface area contributed by atoms with Crippen molar-refractivity contribution in [1.82, 2.24) is 20.2 Å². The summed E-state index contributed by atoms with van der Waals surface area (Å²) in [6.07, 6.45) is 0.844. The number of para-hydroxylation sites is 2. The van der Waals surface area contributed by atoms with Crippen LogP contribution in [-0.4, -0.2) is 33.9 Å². The highest BCUT2D eigenvalue weighted by atomic mass is 35.5. The summed E-state index contributed by atoms with van der Waals surface area (Å²) in [4.78, 5) is 22.5. The first-order chi connectivity index (χ1) is 13.1. The van der Waals surface area contributed by atoms with Crippen LogP contribution in [0, 0.1) is 5.92 Å². The zero-order valence-electron chi connectivity index (χ0n) is 14.7. The minimum atomic E-state index is -0.0135. The van der Waals surface area contributed by atoms with Crippen molar-refractivity contribution in [2.75, 3.05) is 13.1 Å². The number of amides is 1. The van der Waals surface area contributed by atoms with Gasteiger partial charge in [0.05, 0.1) is 23.5 Å². The van der Waals surface area contributed by atoms with E-state index in [0.29, 0.717) is 16.6 Å². The number of benzene rings is 2. The summed E-state index contributed by atoms with van der Waals surface area (Å²) in [6, 6.07) is 13.4. The van der Waals surface area contributed by atoms with Gasteiger partial charge in [0.1, 0.15) is 5.82 Å². The summed E-state index contributed by atoms with van der Waals surface area (Å²) in [7, 11) is 0. The predicted octanol–water partition coefficient (Wildman–Crippen LogP) is 4.01. The summed E-state index contributed by atoms with van der Waals surface area (Å²) in [5.41, 5.74) is 2.92. The number of carbonyl (C=O) groups is 1. The molecule has 0 bridgehead atoms. The van der Waals surface area contributed by atoms with Gasteiger partial charge in [0.25, 0.3) is 0 Å². The number of nitrogens with one attached hydrogen (secondary N) is 2. The standard InChI is InChI=1S/C20H20Cl2N4O/c21-15-6-5-13(16(22)9-15)11-26-8-7-14(12-26)20(27)23-10-19-24-17-3-1-2-4-18(17)25-19/h1-6,9,14H,7-8,10-12H2,(H,23,27)(H,24,25)/t14-/m1/s1. The van der Waals surface area contributed by atoms with Crippen molar-refractivity contribution in [2.24, 2.45) is 5.92 Å². The second-order valence-electron chi connectivity index (χ2n) is 6.87. The molecule has 0 spiro atoms. The molecule has 1 saturated heterocycles. The molecule has 1 atom stereocenters. The molecular weight excluding hydrogens is 383 g/mol. The Labute approximate surface area is 167 Å². The summed E-state index contributed by atoms with van der Waals surface area (Å²) < 4.78 is 0. The second kappa shape index (κ2) is 7.89. The van der Waals surface area contributed by atoms with E-state index in [-0.39, 0.29) is 11.8 Å². The van der Waals surface area contributed by atoms with E-state index < -0.39 is 0 Å². The monoisotopic (exact) mass is 402 g/mol. The number of fused-ring (bicyclic) bond motifs is 1. The average Bonchev–Trinajstić information content (AvgIpc) is 3.28. The lowest BCUT2D eigenvalue weighted by Gasteiger charge is -2.17. The van der Waals surface area contributed by atoms with E-state index in [0.717, 1.165) is 48.5 Å². The molecule has 1 aliphatic heterocycles. The predicted molar refractivity (Wildman–Crippen MR) is 108 cm³/mol. The number of likely N-dealkylation sites (tertiary alicyclic amines) is 1. The molecule has 1 fully saturated rings. The molecule has 1 aromatic heterocycles. The molecule has 7 heteroatoms. The zero-order valence-corrected chi connectivity index (χ0v) is 16.2. The van der Waals surface area contributed by atoms with E-state index in [4.69, 9.17) is 23.2 Å². The van der Waals surface area contributed by atoms with Crippen molar-refractivity contribution in [3.05, 3.63) is 63.9 Å². The summed E-state index contributed by atoms with van der Waals surface area (Å²) in [6.45, 7) is 2.74. The Bertz CT molecular complexity index is 939. The quantitative estimate of drug-likeness (QED) is 0.677. The molecule has 2 N–H and O–H groups in total. The Balaban J connectivity index is 1.31. The van der Waals surface area contributed by atoms with Crippen LogP contribution in [0.3, 0.4) is 0 Å². The molecule has 5 nitrogen and oxygen atoms in total. The zero-order chi connectivity index (χ0) is 18.8. The van der Waals surface area contributed by atoms with Crippen LogP contribution < -0.4 is 5.32 Å². The molecule has 0 unspecified atom stereocenters. The highest BCUT2D eigenvalue weighted by Crippen LogP contribution is 2.25. The van der Waals surface area contributed by atoms with Crippen molar-refractivity contribution in [3.8, 4) is 0 Å². The Hall–Kier alpha value is -2.08. The summed E-state index contributed by atoms with van der Waals surface area (Å²) in [5, 5.41) is 4.30. The Morgan fingerprint density at radius 3 is 2.93 bits per heavy atom. The maximum Gasteiger partial charge on any atom is 0.224 e. The smallest absolute Gasteiger partial charge is 0.224 e. The third-order valence-electron chi connectivity index (χ3n) is 4.92. The highest BCUT2D eigenvalue weighted by molar-refractivity contribution is 6.35.